The largest absolute Gasteiger partial charge is 0.486 e. The highest BCUT2D eigenvalue weighted by Crippen LogP contribution is 2.37. The third kappa shape index (κ3) is 1.54. The van der Waals surface area contributed by atoms with Crippen molar-refractivity contribution in [1.29, 1.82) is 0 Å². The number of ether oxygens (including phenoxy) is 2. The van der Waals surface area contributed by atoms with Gasteiger partial charge < -0.3 is 9.47 Å². The number of hydrogen-bond donors (Lipinski definition) is 0. The monoisotopic (exact) mass is 214 g/mol. The Balaban J connectivity index is 2.68. The molecule has 0 fully saturated rings. The third-order valence-corrected chi connectivity index (χ3v) is 2.08. The fourth-order valence-corrected chi connectivity index (χ4v) is 1.45. The number of benzene rings is 1. The summed E-state index contributed by atoms with van der Waals surface area (Å²) in [6, 6.07) is 0.885. The second-order valence-corrected chi connectivity index (χ2v) is 3.13. The van der Waals surface area contributed by atoms with E-state index in [4.69, 9.17) is 9.47 Å². The summed E-state index contributed by atoms with van der Waals surface area (Å²) in [4.78, 5) is 11.1. The van der Waals surface area contributed by atoms with E-state index in [1.54, 1.807) is 0 Å². The van der Waals surface area contributed by atoms with Crippen molar-refractivity contribution in [1.82, 2.24) is 0 Å². The van der Waals surface area contributed by atoms with Crippen molar-refractivity contribution < 1.29 is 23.0 Å². The van der Waals surface area contributed by atoms with Crippen molar-refractivity contribution >= 4 is 5.78 Å². The van der Waals surface area contributed by atoms with Gasteiger partial charge >= 0.3 is 0 Å². The first-order valence-electron chi connectivity index (χ1n) is 4.40. The maximum atomic E-state index is 13.3. The second kappa shape index (κ2) is 3.49. The highest BCUT2D eigenvalue weighted by molar-refractivity contribution is 5.98. The van der Waals surface area contributed by atoms with Gasteiger partial charge in [0.15, 0.2) is 28.9 Å². The number of halogens is 2. The van der Waals surface area contributed by atoms with Gasteiger partial charge in [0.05, 0.1) is 0 Å². The van der Waals surface area contributed by atoms with E-state index in [1.807, 2.05) is 0 Å². The Morgan fingerprint density at radius 2 is 2.00 bits per heavy atom. The lowest BCUT2D eigenvalue weighted by Crippen LogP contribution is -2.19. The summed E-state index contributed by atoms with van der Waals surface area (Å²) in [5, 5.41) is 0. The van der Waals surface area contributed by atoms with Gasteiger partial charge in [-0.05, 0) is 6.92 Å². The zero-order chi connectivity index (χ0) is 11.0. The van der Waals surface area contributed by atoms with Gasteiger partial charge in [-0.2, -0.15) is 0 Å². The van der Waals surface area contributed by atoms with Crippen LogP contribution in [0.3, 0.4) is 0 Å². The highest BCUT2D eigenvalue weighted by Gasteiger charge is 2.25. The molecule has 0 atom stereocenters. The first-order valence-corrected chi connectivity index (χ1v) is 4.40. The molecule has 1 aliphatic rings. The number of rotatable bonds is 1. The molecule has 2 rings (SSSR count). The van der Waals surface area contributed by atoms with Gasteiger partial charge in [-0.1, -0.05) is 0 Å². The fraction of sp³-hybridized carbons (Fsp3) is 0.300. The van der Waals surface area contributed by atoms with Gasteiger partial charge in [-0.15, -0.1) is 0 Å². The molecule has 0 unspecified atom stereocenters. The van der Waals surface area contributed by atoms with Crippen LogP contribution < -0.4 is 9.47 Å². The Bertz CT molecular complexity index is 429. The van der Waals surface area contributed by atoms with E-state index in [0.29, 0.717) is 0 Å². The van der Waals surface area contributed by atoms with Crippen molar-refractivity contribution in [2.75, 3.05) is 13.2 Å². The van der Waals surface area contributed by atoms with Crippen LogP contribution in [0.4, 0.5) is 8.78 Å². The smallest absolute Gasteiger partial charge is 0.175 e. The number of carbonyl (C=O) groups is 1. The lowest BCUT2D eigenvalue weighted by molar-refractivity contribution is 0.0995. The average molecular weight is 214 g/mol. The number of carbonyl (C=O) groups excluding carboxylic acids is 1. The van der Waals surface area contributed by atoms with Crippen LogP contribution in [-0.2, 0) is 0 Å². The molecule has 1 aliphatic heterocycles. The van der Waals surface area contributed by atoms with Crippen molar-refractivity contribution in [3.63, 3.8) is 0 Å². The molecule has 0 saturated heterocycles. The molecule has 3 nitrogen and oxygen atoms in total. The molecule has 15 heavy (non-hydrogen) atoms. The standard InChI is InChI=1S/C10H8F2O3/c1-5(13)8-9(12)6(11)4-7-10(8)15-3-2-14-7/h4H,2-3H2,1H3. The van der Waals surface area contributed by atoms with E-state index < -0.39 is 17.4 Å². The Labute approximate surface area is 84.6 Å². The van der Waals surface area contributed by atoms with E-state index in [1.165, 1.54) is 0 Å². The molecule has 80 valence electrons. The van der Waals surface area contributed by atoms with Crippen molar-refractivity contribution in [2.45, 2.75) is 6.92 Å². The lowest BCUT2D eigenvalue weighted by atomic mass is 10.1. The molecule has 1 heterocycles. The molecule has 1 aromatic carbocycles. The summed E-state index contributed by atoms with van der Waals surface area (Å²) in [5.74, 6) is -2.82. The topological polar surface area (TPSA) is 35.5 Å². The summed E-state index contributed by atoms with van der Waals surface area (Å²) >= 11 is 0. The van der Waals surface area contributed by atoms with Gasteiger partial charge in [0.2, 0.25) is 0 Å². The number of fused-ring (bicyclic) bond motifs is 1. The first-order chi connectivity index (χ1) is 7.11. The van der Waals surface area contributed by atoms with Crippen LogP contribution in [0, 0.1) is 11.6 Å². The molecule has 0 spiro atoms. The minimum absolute atomic E-state index is 0.00681. The Kier molecular flexibility index (Phi) is 2.30. The minimum Gasteiger partial charge on any atom is -0.486 e. The summed E-state index contributed by atoms with van der Waals surface area (Å²) in [7, 11) is 0. The summed E-state index contributed by atoms with van der Waals surface area (Å²) < 4.78 is 36.5. The number of Topliss-reactive ketones (excluding diaryl/α,β-unsaturated/α-hetero) is 1. The minimum atomic E-state index is -1.19. The summed E-state index contributed by atoms with van der Waals surface area (Å²) in [5.41, 5.74) is -0.385. The van der Waals surface area contributed by atoms with E-state index in [9.17, 15) is 13.6 Å². The predicted molar refractivity (Wildman–Crippen MR) is 47.4 cm³/mol. The highest BCUT2D eigenvalue weighted by atomic mass is 19.2. The van der Waals surface area contributed by atoms with Crippen LogP contribution in [0.15, 0.2) is 6.07 Å². The Hall–Kier alpha value is -1.65. The van der Waals surface area contributed by atoms with E-state index in [-0.39, 0.29) is 30.3 Å². The van der Waals surface area contributed by atoms with E-state index in [0.717, 1.165) is 13.0 Å². The Morgan fingerprint density at radius 1 is 1.33 bits per heavy atom. The van der Waals surface area contributed by atoms with Crippen molar-refractivity contribution in [3.8, 4) is 11.5 Å². The lowest BCUT2D eigenvalue weighted by Gasteiger charge is -2.20. The van der Waals surface area contributed by atoms with Crippen molar-refractivity contribution in [3.05, 3.63) is 23.3 Å². The van der Waals surface area contributed by atoms with E-state index in [2.05, 4.69) is 0 Å². The third-order valence-electron chi connectivity index (χ3n) is 2.08. The summed E-state index contributed by atoms with van der Waals surface area (Å²) in [6.45, 7) is 1.63. The number of ketones is 1. The van der Waals surface area contributed by atoms with Gasteiger partial charge in [-0.25, -0.2) is 8.78 Å². The predicted octanol–water partition coefficient (Wildman–Crippen LogP) is 1.94. The molecule has 0 aromatic heterocycles. The van der Waals surface area contributed by atoms with Crippen LogP contribution in [-0.4, -0.2) is 19.0 Å². The van der Waals surface area contributed by atoms with Crippen LogP contribution >= 0.6 is 0 Å². The Morgan fingerprint density at radius 3 is 2.67 bits per heavy atom. The maximum Gasteiger partial charge on any atom is 0.175 e. The molecule has 0 radical (unpaired) electrons. The summed E-state index contributed by atoms with van der Waals surface area (Å²) in [6.07, 6.45) is 0. The van der Waals surface area contributed by atoms with Crippen LogP contribution in [0.2, 0.25) is 0 Å². The fourth-order valence-electron chi connectivity index (χ4n) is 1.45. The van der Waals surface area contributed by atoms with E-state index >= 15 is 0 Å². The molecular formula is C10H8F2O3. The SMILES string of the molecule is CC(=O)c1c(F)c(F)cc2c1OCCO2. The van der Waals surface area contributed by atoms with Gasteiger partial charge in [-0.3, -0.25) is 4.79 Å². The average Bonchev–Trinajstić information content (AvgIpc) is 2.19. The van der Waals surface area contributed by atoms with Gasteiger partial charge in [0, 0.05) is 6.07 Å². The molecule has 0 N–H and O–H groups in total. The molecule has 0 bridgehead atoms. The zero-order valence-electron chi connectivity index (χ0n) is 7.97. The van der Waals surface area contributed by atoms with Crippen LogP contribution in [0.5, 0.6) is 11.5 Å². The van der Waals surface area contributed by atoms with Crippen LogP contribution in [0.1, 0.15) is 17.3 Å². The molecule has 5 heteroatoms. The quantitative estimate of drug-likeness (QED) is 0.670. The van der Waals surface area contributed by atoms with Gasteiger partial charge in [0.25, 0.3) is 0 Å². The second-order valence-electron chi connectivity index (χ2n) is 3.13. The molecular weight excluding hydrogens is 206 g/mol. The molecule has 0 aliphatic carbocycles. The molecule has 0 amide bonds. The van der Waals surface area contributed by atoms with Crippen molar-refractivity contribution in [2.24, 2.45) is 0 Å². The number of hydrogen-bond acceptors (Lipinski definition) is 3. The first kappa shape index (κ1) is 9.89. The molecule has 1 aromatic rings. The van der Waals surface area contributed by atoms with Crippen LogP contribution in [0.25, 0.3) is 0 Å². The molecule has 0 saturated carbocycles. The van der Waals surface area contributed by atoms with Gasteiger partial charge in [0.1, 0.15) is 18.8 Å². The zero-order valence-corrected chi connectivity index (χ0v) is 7.97. The normalized spacial score (nSPS) is 13.8. The maximum absolute atomic E-state index is 13.3.